The summed E-state index contributed by atoms with van der Waals surface area (Å²) >= 11 is 0. The predicted molar refractivity (Wildman–Crippen MR) is 161 cm³/mol. The first-order valence-electron chi connectivity index (χ1n) is 13.4. The SMILES string of the molecule is COc1c(-c2ccc3cc(OC(=O)NCc4ccccc4)ccc3c2)cc(C(=O)NC(C)(C)C)cc1C(C)(C)C. The Labute approximate surface area is 236 Å². The number of nitrogens with one attached hydrogen (secondary N) is 2. The molecule has 0 aliphatic rings. The van der Waals surface area contributed by atoms with Crippen molar-refractivity contribution in [3.05, 3.63) is 95.6 Å². The first kappa shape index (κ1) is 28.7. The minimum Gasteiger partial charge on any atom is -0.496 e. The number of carbonyl (C=O) groups excluding carboxylic acids is 2. The monoisotopic (exact) mass is 538 g/mol. The second-order valence-electron chi connectivity index (χ2n) is 12.0. The average Bonchev–Trinajstić information content (AvgIpc) is 2.90. The fourth-order valence-corrected chi connectivity index (χ4v) is 4.53. The molecule has 0 bridgehead atoms. The summed E-state index contributed by atoms with van der Waals surface area (Å²) in [7, 11) is 1.66. The van der Waals surface area contributed by atoms with Crippen LogP contribution in [0.5, 0.6) is 11.5 Å². The van der Waals surface area contributed by atoms with Crippen LogP contribution in [0.3, 0.4) is 0 Å². The molecule has 6 nitrogen and oxygen atoms in total. The van der Waals surface area contributed by atoms with Crippen molar-refractivity contribution in [2.75, 3.05) is 7.11 Å². The maximum Gasteiger partial charge on any atom is 0.412 e. The highest BCUT2D eigenvalue weighted by atomic mass is 16.6. The molecule has 4 rings (SSSR count). The second-order valence-corrected chi connectivity index (χ2v) is 12.0. The van der Waals surface area contributed by atoms with Gasteiger partial charge in [-0.1, -0.05) is 69.3 Å². The van der Waals surface area contributed by atoms with Gasteiger partial charge in [-0.2, -0.15) is 0 Å². The van der Waals surface area contributed by atoms with Crippen LogP contribution in [0.2, 0.25) is 0 Å². The predicted octanol–water partition coefficient (Wildman–Crippen LogP) is 7.63. The lowest BCUT2D eigenvalue weighted by atomic mass is 9.82. The van der Waals surface area contributed by atoms with Crippen molar-refractivity contribution in [1.82, 2.24) is 10.6 Å². The molecular weight excluding hydrogens is 500 g/mol. The van der Waals surface area contributed by atoms with E-state index in [1.54, 1.807) is 13.2 Å². The topological polar surface area (TPSA) is 76.7 Å². The summed E-state index contributed by atoms with van der Waals surface area (Å²) in [4.78, 5) is 25.5. The van der Waals surface area contributed by atoms with Gasteiger partial charge in [-0.05, 0) is 78.4 Å². The Kier molecular flexibility index (Phi) is 8.19. The Hall–Kier alpha value is -4.32. The third-order valence-electron chi connectivity index (χ3n) is 6.46. The molecule has 0 spiro atoms. The molecule has 208 valence electrons. The summed E-state index contributed by atoms with van der Waals surface area (Å²) in [5.74, 6) is 1.07. The molecule has 0 aliphatic heterocycles. The minimum absolute atomic E-state index is 0.130. The number of hydrogen-bond donors (Lipinski definition) is 2. The fraction of sp³-hybridized carbons (Fsp3) is 0.294. The molecule has 0 saturated carbocycles. The zero-order valence-corrected chi connectivity index (χ0v) is 24.3. The van der Waals surface area contributed by atoms with Gasteiger partial charge in [0.1, 0.15) is 11.5 Å². The second kappa shape index (κ2) is 11.4. The summed E-state index contributed by atoms with van der Waals surface area (Å²) in [6, 6.07) is 25.1. The molecule has 6 heteroatoms. The summed E-state index contributed by atoms with van der Waals surface area (Å²) in [6.07, 6.45) is -0.510. The number of methoxy groups -OCH3 is 1. The van der Waals surface area contributed by atoms with Gasteiger partial charge in [-0.25, -0.2) is 4.79 Å². The van der Waals surface area contributed by atoms with Crippen LogP contribution in [-0.2, 0) is 12.0 Å². The van der Waals surface area contributed by atoms with Crippen LogP contribution in [-0.4, -0.2) is 24.6 Å². The lowest BCUT2D eigenvalue weighted by Crippen LogP contribution is -2.40. The van der Waals surface area contributed by atoms with Crippen molar-refractivity contribution < 1.29 is 19.1 Å². The molecule has 0 fully saturated rings. The molecule has 0 aromatic heterocycles. The van der Waals surface area contributed by atoms with Crippen molar-refractivity contribution in [1.29, 1.82) is 0 Å². The molecule has 0 saturated heterocycles. The highest BCUT2D eigenvalue weighted by Gasteiger charge is 2.26. The number of amides is 2. The standard InChI is InChI=1S/C34H38N2O4/c1-33(2,3)29-20-26(31(37)36-34(4,5)6)19-28(30(29)39-7)25-14-13-24-18-27(16-15-23(24)17-25)40-32(38)35-21-22-11-9-8-10-12-22/h8-20H,21H2,1-7H3,(H,35,38)(H,36,37). The highest BCUT2D eigenvalue weighted by molar-refractivity contribution is 5.98. The summed E-state index contributed by atoms with van der Waals surface area (Å²) in [5, 5.41) is 7.75. The Morgan fingerprint density at radius 1 is 0.800 bits per heavy atom. The van der Waals surface area contributed by atoms with Crippen LogP contribution in [0.25, 0.3) is 21.9 Å². The quantitative estimate of drug-likeness (QED) is 0.265. The van der Waals surface area contributed by atoms with E-state index in [9.17, 15) is 9.59 Å². The van der Waals surface area contributed by atoms with E-state index >= 15 is 0 Å². The van der Waals surface area contributed by atoms with Gasteiger partial charge in [0, 0.05) is 28.8 Å². The smallest absolute Gasteiger partial charge is 0.412 e. The molecule has 0 unspecified atom stereocenters. The van der Waals surface area contributed by atoms with E-state index in [1.165, 1.54) is 0 Å². The van der Waals surface area contributed by atoms with E-state index in [-0.39, 0.29) is 16.9 Å². The first-order valence-corrected chi connectivity index (χ1v) is 13.4. The maximum atomic E-state index is 13.2. The number of fused-ring (bicyclic) bond motifs is 1. The molecule has 40 heavy (non-hydrogen) atoms. The Bertz CT molecular complexity index is 1530. The van der Waals surface area contributed by atoms with Gasteiger partial charge in [0.2, 0.25) is 0 Å². The zero-order valence-electron chi connectivity index (χ0n) is 24.3. The first-order chi connectivity index (χ1) is 18.8. The van der Waals surface area contributed by atoms with Crippen LogP contribution < -0.4 is 20.1 Å². The molecule has 0 radical (unpaired) electrons. The molecule has 0 heterocycles. The molecule has 2 amide bonds. The number of hydrogen-bond acceptors (Lipinski definition) is 4. The van der Waals surface area contributed by atoms with Gasteiger partial charge in [-0.3, -0.25) is 4.79 Å². The Balaban J connectivity index is 1.65. The summed E-state index contributed by atoms with van der Waals surface area (Å²) in [5.41, 5.74) is 3.70. The van der Waals surface area contributed by atoms with E-state index in [4.69, 9.17) is 9.47 Å². The van der Waals surface area contributed by atoms with E-state index < -0.39 is 6.09 Å². The van der Waals surface area contributed by atoms with Crippen LogP contribution in [0.1, 0.15) is 63.0 Å². The third-order valence-corrected chi connectivity index (χ3v) is 6.46. The summed E-state index contributed by atoms with van der Waals surface area (Å²) < 4.78 is 11.4. The number of rotatable bonds is 6. The largest absolute Gasteiger partial charge is 0.496 e. The molecule has 4 aromatic rings. The molecule has 4 aromatic carbocycles. The maximum absolute atomic E-state index is 13.2. The average molecular weight is 539 g/mol. The number of benzene rings is 4. The number of ether oxygens (including phenoxy) is 2. The Morgan fingerprint density at radius 2 is 1.48 bits per heavy atom. The van der Waals surface area contributed by atoms with Crippen molar-refractivity contribution in [2.45, 2.75) is 59.0 Å². The molecule has 0 atom stereocenters. The fourth-order valence-electron chi connectivity index (χ4n) is 4.53. The normalized spacial score (nSPS) is 11.7. The highest BCUT2D eigenvalue weighted by Crippen LogP contribution is 2.41. The van der Waals surface area contributed by atoms with Crippen molar-refractivity contribution >= 4 is 22.8 Å². The van der Waals surface area contributed by atoms with Gasteiger partial charge >= 0.3 is 6.09 Å². The summed E-state index contributed by atoms with van der Waals surface area (Å²) in [6.45, 7) is 12.6. The van der Waals surface area contributed by atoms with Gasteiger partial charge in [0.25, 0.3) is 5.91 Å². The van der Waals surface area contributed by atoms with Crippen LogP contribution >= 0.6 is 0 Å². The van der Waals surface area contributed by atoms with E-state index in [0.717, 1.165) is 38.8 Å². The number of carbonyl (C=O) groups is 2. The molecule has 2 N–H and O–H groups in total. The zero-order chi connectivity index (χ0) is 29.1. The van der Waals surface area contributed by atoms with E-state index in [0.29, 0.717) is 17.9 Å². The van der Waals surface area contributed by atoms with E-state index in [2.05, 4.69) is 37.5 Å². The third kappa shape index (κ3) is 7.00. The van der Waals surface area contributed by atoms with Crippen LogP contribution in [0.15, 0.2) is 78.9 Å². The lowest BCUT2D eigenvalue weighted by molar-refractivity contribution is 0.0919. The minimum atomic E-state index is -0.510. The van der Waals surface area contributed by atoms with Crippen LogP contribution in [0.4, 0.5) is 4.79 Å². The lowest BCUT2D eigenvalue weighted by Gasteiger charge is -2.26. The Morgan fingerprint density at radius 3 is 2.12 bits per heavy atom. The van der Waals surface area contributed by atoms with Crippen molar-refractivity contribution in [3.63, 3.8) is 0 Å². The molecule has 0 aliphatic carbocycles. The van der Waals surface area contributed by atoms with Gasteiger partial charge < -0.3 is 20.1 Å². The van der Waals surface area contributed by atoms with Crippen LogP contribution in [0, 0.1) is 0 Å². The van der Waals surface area contributed by atoms with Gasteiger partial charge in [0.05, 0.1) is 7.11 Å². The van der Waals surface area contributed by atoms with Crippen molar-refractivity contribution in [3.8, 4) is 22.6 Å². The van der Waals surface area contributed by atoms with Crippen molar-refractivity contribution in [2.24, 2.45) is 0 Å². The van der Waals surface area contributed by atoms with Gasteiger partial charge in [0.15, 0.2) is 0 Å². The molecular formula is C34H38N2O4. The van der Waals surface area contributed by atoms with E-state index in [1.807, 2.05) is 87.5 Å². The van der Waals surface area contributed by atoms with Gasteiger partial charge in [-0.15, -0.1) is 0 Å².